The molecule has 0 aromatic rings. The molecule has 0 saturated heterocycles. The van der Waals surface area contributed by atoms with E-state index in [-0.39, 0.29) is 25.3 Å². The topological polar surface area (TPSA) is 52.5 Å². The minimum Gasteiger partial charge on any atom is -0.395 e. The lowest BCUT2D eigenvalue weighted by Gasteiger charge is -2.15. The molecule has 0 saturated carbocycles. The first-order chi connectivity index (χ1) is 4.20. The molecule has 0 aliphatic carbocycles. The molecule has 3 N–H and O–H groups in total. The SMILES string of the molecule is C[C@H](CO)N[C@H](C)CO. The minimum atomic E-state index is 0.0761. The van der Waals surface area contributed by atoms with E-state index in [0.29, 0.717) is 0 Å². The minimum absolute atomic E-state index is 0.0761. The van der Waals surface area contributed by atoms with Crippen LogP contribution in [0.3, 0.4) is 0 Å². The van der Waals surface area contributed by atoms with Crippen molar-refractivity contribution in [2.75, 3.05) is 13.2 Å². The largest absolute Gasteiger partial charge is 0.395 e. The van der Waals surface area contributed by atoms with Crippen LogP contribution in [0.5, 0.6) is 0 Å². The molecule has 0 spiro atoms. The maximum absolute atomic E-state index is 8.54. The summed E-state index contributed by atoms with van der Waals surface area (Å²) in [5, 5.41) is 20.0. The van der Waals surface area contributed by atoms with Gasteiger partial charge >= 0.3 is 0 Å². The van der Waals surface area contributed by atoms with Gasteiger partial charge in [0.25, 0.3) is 0 Å². The molecule has 56 valence electrons. The summed E-state index contributed by atoms with van der Waals surface area (Å²) in [5.41, 5.74) is 0. The van der Waals surface area contributed by atoms with Gasteiger partial charge < -0.3 is 15.5 Å². The molecule has 0 unspecified atom stereocenters. The summed E-state index contributed by atoms with van der Waals surface area (Å²) in [5.74, 6) is 0. The van der Waals surface area contributed by atoms with Crippen molar-refractivity contribution in [1.29, 1.82) is 0 Å². The quantitative estimate of drug-likeness (QED) is 0.477. The van der Waals surface area contributed by atoms with Gasteiger partial charge in [0, 0.05) is 12.1 Å². The second kappa shape index (κ2) is 4.73. The number of aliphatic hydroxyl groups excluding tert-OH is 2. The van der Waals surface area contributed by atoms with Crippen molar-refractivity contribution in [3.63, 3.8) is 0 Å². The predicted molar refractivity (Wildman–Crippen MR) is 36.2 cm³/mol. The molecule has 0 bridgehead atoms. The third-order valence-corrected chi connectivity index (χ3v) is 1.12. The van der Waals surface area contributed by atoms with Crippen LogP contribution in [0, 0.1) is 0 Å². The highest BCUT2D eigenvalue weighted by Gasteiger charge is 2.02. The van der Waals surface area contributed by atoms with Gasteiger partial charge in [-0.05, 0) is 13.8 Å². The first-order valence-corrected chi connectivity index (χ1v) is 3.18. The Bertz CT molecular complexity index is 60.1. The fraction of sp³-hybridized carbons (Fsp3) is 1.00. The Hall–Kier alpha value is -0.120. The van der Waals surface area contributed by atoms with E-state index in [2.05, 4.69) is 5.32 Å². The summed E-state index contributed by atoms with van der Waals surface area (Å²) in [7, 11) is 0. The Kier molecular flexibility index (Phi) is 4.67. The molecule has 0 aromatic heterocycles. The highest BCUT2D eigenvalue weighted by molar-refractivity contribution is 4.64. The smallest absolute Gasteiger partial charge is 0.0582 e. The van der Waals surface area contributed by atoms with Crippen molar-refractivity contribution < 1.29 is 10.2 Å². The van der Waals surface area contributed by atoms with Gasteiger partial charge in [-0.2, -0.15) is 0 Å². The van der Waals surface area contributed by atoms with Crippen LogP contribution in [-0.4, -0.2) is 35.5 Å². The van der Waals surface area contributed by atoms with Gasteiger partial charge in [-0.1, -0.05) is 0 Å². The second-order valence-corrected chi connectivity index (χ2v) is 2.33. The first kappa shape index (κ1) is 8.88. The fourth-order valence-electron chi connectivity index (χ4n) is 0.591. The maximum Gasteiger partial charge on any atom is 0.0582 e. The zero-order valence-electron chi connectivity index (χ0n) is 5.96. The molecule has 0 rings (SSSR count). The van der Waals surface area contributed by atoms with Crippen LogP contribution in [0.15, 0.2) is 0 Å². The van der Waals surface area contributed by atoms with Gasteiger partial charge in [0.1, 0.15) is 0 Å². The first-order valence-electron chi connectivity index (χ1n) is 3.18. The molecular weight excluding hydrogens is 118 g/mol. The van der Waals surface area contributed by atoms with Crippen molar-refractivity contribution in [2.24, 2.45) is 0 Å². The summed E-state index contributed by atoms with van der Waals surface area (Å²) in [4.78, 5) is 0. The molecule has 0 fully saturated rings. The van der Waals surface area contributed by atoms with E-state index in [9.17, 15) is 0 Å². The average molecular weight is 133 g/mol. The summed E-state index contributed by atoms with van der Waals surface area (Å²) in [6.07, 6.45) is 0. The van der Waals surface area contributed by atoms with Crippen LogP contribution in [-0.2, 0) is 0 Å². The highest BCUT2D eigenvalue weighted by Crippen LogP contribution is 1.83. The van der Waals surface area contributed by atoms with Crippen LogP contribution in [0.2, 0.25) is 0 Å². The number of rotatable bonds is 4. The summed E-state index contributed by atoms with van der Waals surface area (Å²) in [6, 6.07) is 0.152. The van der Waals surface area contributed by atoms with Crippen molar-refractivity contribution in [3.8, 4) is 0 Å². The Morgan fingerprint density at radius 2 is 1.44 bits per heavy atom. The van der Waals surface area contributed by atoms with Crippen LogP contribution in [0.1, 0.15) is 13.8 Å². The zero-order chi connectivity index (χ0) is 7.28. The Labute approximate surface area is 55.7 Å². The third-order valence-electron chi connectivity index (χ3n) is 1.12. The standard InChI is InChI=1S/C6H15NO2/c1-5(3-8)7-6(2)4-9/h5-9H,3-4H2,1-2H3/t5-,6-/m1/s1. The molecule has 0 heterocycles. The van der Waals surface area contributed by atoms with Gasteiger partial charge in [0.05, 0.1) is 13.2 Å². The Morgan fingerprint density at radius 3 is 1.67 bits per heavy atom. The van der Waals surface area contributed by atoms with E-state index in [1.165, 1.54) is 0 Å². The van der Waals surface area contributed by atoms with E-state index in [1.54, 1.807) is 0 Å². The van der Waals surface area contributed by atoms with Crippen LogP contribution in [0.25, 0.3) is 0 Å². The van der Waals surface area contributed by atoms with E-state index < -0.39 is 0 Å². The lowest BCUT2D eigenvalue weighted by Crippen LogP contribution is -2.38. The van der Waals surface area contributed by atoms with Gasteiger partial charge in [-0.25, -0.2) is 0 Å². The summed E-state index contributed by atoms with van der Waals surface area (Å²) in [6.45, 7) is 3.97. The Morgan fingerprint density at radius 1 is 1.11 bits per heavy atom. The van der Waals surface area contributed by atoms with Gasteiger partial charge in [0.2, 0.25) is 0 Å². The molecule has 0 aliphatic rings. The molecule has 0 aromatic carbocycles. The maximum atomic E-state index is 8.54. The van der Waals surface area contributed by atoms with Gasteiger partial charge in [-0.3, -0.25) is 0 Å². The highest BCUT2D eigenvalue weighted by atomic mass is 16.3. The second-order valence-electron chi connectivity index (χ2n) is 2.33. The lowest BCUT2D eigenvalue weighted by atomic mass is 10.3. The van der Waals surface area contributed by atoms with Crippen molar-refractivity contribution in [1.82, 2.24) is 5.32 Å². The molecule has 0 amide bonds. The molecule has 3 nitrogen and oxygen atoms in total. The normalized spacial score (nSPS) is 17.3. The molecule has 3 heteroatoms. The molecular formula is C6H15NO2. The molecule has 0 radical (unpaired) electrons. The predicted octanol–water partition coefficient (Wildman–Crippen LogP) is -0.662. The van der Waals surface area contributed by atoms with E-state index in [1.807, 2.05) is 13.8 Å². The lowest BCUT2D eigenvalue weighted by molar-refractivity contribution is 0.206. The van der Waals surface area contributed by atoms with Crippen molar-refractivity contribution in [3.05, 3.63) is 0 Å². The summed E-state index contributed by atoms with van der Waals surface area (Å²) < 4.78 is 0. The number of aliphatic hydroxyl groups is 2. The van der Waals surface area contributed by atoms with Crippen LogP contribution in [0.4, 0.5) is 0 Å². The zero-order valence-corrected chi connectivity index (χ0v) is 5.96. The van der Waals surface area contributed by atoms with Crippen LogP contribution >= 0.6 is 0 Å². The molecule has 2 atom stereocenters. The number of hydrogen-bond donors (Lipinski definition) is 3. The fourth-order valence-corrected chi connectivity index (χ4v) is 0.591. The van der Waals surface area contributed by atoms with Gasteiger partial charge in [-0.15, -0.1) is 0 Å². The third kappa shape index (κ3) is 4.39. The molecule has 0 aliphatic heterocycles. The summed E-state index contributed by atoms with van der Waals surface area (Å²) >= 11 is 0. The average Bonchev–Trinajstić information content (AvgIpc) is 1.87. The van der Waals surface area contributed by atoms with Crippen molar-refractivity contribution in [2.45, 2.75) is 25.9 Å². The van der Waals surface area contributed by atoms with E-state index in [4.69, 9.17) is 10.2 Å². The monoisotopic (exact) mass is 133 g/mol. The number of nitrogens with one attached hydrogen (secondary N) is 1. The number of hydrogen-bond acceptors (Lipinski definition) is 3. The van der Waals surface area contributed by atoms with Crippen molar-refractivity contribution >= 4 is 0 Å². The van der Waals surface area contributed by atoms with Crippen LogP contribution < -0.4 is 5.32 Å². The Balaban J connectivity index is 3.22. The van der Waals surface area contributed by atoms with E-state index in [0.717, 1.165) is 0 Å². The van der Waals surface area contributed by atoms with E-state index >= 15 is 0 Å². The van der Waals surface area contributed by atoms with Gasteiger partial charge in [0.15, 0.2) is 0 Å². The molecule has 9 heavy (non-hydrogen) atoms.